The zero-order valence-corrected chi connectivity index (χ0v) is 20.0. The van der Waals surface area contributed by atoms with Crippen LogP contribution < -0.4 is 22.1 Å². The summed E-state index contributed by atoms with van der Waals surface area (Å²) in [6.07, 6.45) is 5.05. The van der Waals surface area contributed by atoms with Crippen LogP contribution in [0.4, 0.5) is 0 Å². The Morgan fingerprint density at radius 2 is 1.64 bits per heavy atom. The molecule has 12 heteroatoms. The number of carbonyl (C=O) groups excluding carboxylic acids is 2. The average Bonchev–Trinajstić information content (AvgIpc) is 3.22. The van der Waals surface area contributed by atoms with Gasteiger partial charge < -0.3 is 37.3 Å². The minimum absolute atomic E-state index is 0.0119. The maximum atomic E-state index is 12.8. The molecule has 0 aliphatic carbocycles. The van der Waals surface area contributed by atoms with E-state index < -0.39 is 42.3 Å². The number of hydrogen-bond acceptors (Lipinski definition) is 5. The predicted octanol–water partition coefficient (Wildman–Crippen LogP) is 0.853. The summed E-state index contributed by atoms with van der Waals surface area (Å²) in [6.45, 7) is 0.548. The van der Waals surface area contributed by atoms with E-state index in [1.165, 1.54) is 0 Å². The Balaban J connectivity index is 1.88. The highest BCUT2D eigenvalue weighted by Gasteiger charge is 2.28. The lowest BCUT2D eigenvalue weighted by molar-refractivity contribution is -0.143. The molecule has 0 aliphatic heterocycles. The molecule has 2 rings (SSSR count). The zero-order valence-electron chi connectivity index (χ0n) is 20.0. The van der Waals surface area contributed by atoms with Gasteiger partial charge in [-0.3, -0.25) is 19.4 Å². The van der Waals surface area contributed by atoms with Crippen LogP contribution in [0.3, 0.4) is 0 Å². The molecule has 2 aromatic rings. The number of guanidine groups is 1. The monoisotopic (exact) mass is 502 g/mol. The van der Waals surface area contributed by atoms with E-state index in [4.69, 9.17) is 11.5 Å². The number of carbonyl (C=O) groups is 4. The van der Waals surface area contributed by atoms with E-state index in [1.807, 2.05) is 24.3 Å². The fraction of sp³-hybridized carbons (Fsp3) is 0.458. The second-order valence-corrected chi connectivity index (χ2v) is 8.51. The summed E-state index contributed by atoms with van der Waals surface area (Å²) >= 11 is 0. The van der Waals surface area contributed by atoms with Crippen molar-refractivity contribution in [2.45, 2.75) is 63.5 Å². The molecule has 0 spiro atoms. The van der Waals surface area contributed by atoms with Gasteiger partial charge in [-0.05, 0) is 24.5 Å². The number of nitrogens with zero attached hydrogens (tertiary/aromatic N) is 1. The van der Waals surface area contributed by atoms with Crippen LogP contribution in [0.15, 0.2) is 35.5 Å². The van der Waals surface area contributed by atoms with Gasteiger partial charge in [0.1, 0.15) is 12.1 Å². The summed E-state index contributed by atoms with van der Waals surface area (Å²) in [5.41, 5.74) is 12.0. The second kappa shape index (κ2) is 14.3. The molecular weight excluding hydrogens is 468 g/mol. The van der Waals surface area contributed by atoms with Crippen LogP contribution in [-0.4, -0.2) is 63.5 Å². The maximum absolute atomic E-state index is 12.8. The second-order valence-electron chi connectivity index (χ2n) is 8.51. The van der Waals surface area contributed by atoms with Crippen molar-refractivity contribution < 1.29 is 29.4 Å². The highest BCUT2D eigenvalue weighted by atomic mass is 16.4. The molecule has 0 radical (unpaired) electrons. The van der Waals surface area contributed by atoms with Crippen molar-refractivity contribution >= 4 is 40.6 Å². The number of unbranched alkanes of at least 4 members (excludes halogenated alkanes) is 4. The number of rotatable bonds is 16. The lowest BCUT2D eigenvalue weighted by Crippen LogP contribution is -2.52. The molecule has 0 unspecified atom stereocenters. The Kier molecular flexibility index (Phi) is 11.2. The number of benzene rings is 1. The van der Waals surface area contributed by atoms with E-state index in [-0.39, 0.29) is 18.8 Å². The Bertz CT molecular complexity index is 1080. The molecule has 1 heterocycles. The van der Waals surface area contributed by atoms with Crippen molar-refractivity contribution in [2.75, 3.05) is 6.54 Å². The number of H-pyrrole nitrogens is 1. The number of aromatic amines is 1. The lowest BCUT2D eigenvalue weighted by atomic mass is 10.0. The standard InChI is InChI=1S/C24H34N6O6/c25-24(26)27-11-7-3-1-2-4-10-20(31)29-18(13-21(32)33)22(34)30-19(23(35)36)12-15-14-28-17-9-6-5-8-16(15)17/h5-6,8-9,14,18-19,28H,1-4,7,10-13H2,(H,29,31)(H,30,34)(H,32,33)(H,35,36)(H4,25,26,27)/t18-,19-/m0/s1. The van der Waals surface area contributed by atoms with Gasteiger partial charge >= 0.3 is 11.9 Å². The summed E-state index contributed by atoms with van der Waals surface area (Å²) in [4.78, 5) is 55.1. The maximum Gasteiger partial charge on any atom is 0.326 e. The van der Waals surface area contributed by atoms with Gasteiger partial charge in [-0.2, -0.15) is 0 Å². The van der Waals surface area contributed by atoms with Crippen molar-refractivity contribution in [1.82, 2.24) is 15.6 Å². The van der Waals surface area contributed by atoms with Gasteiger partial charge in [-0.1, -0.05) is 37.5 Å². The van der Waals surface area contributed by atoms with Gasteiger partial charge in [0.15, 0.2) is 5.96 Å². The molecule has 0 saturated carbocycles. The normalized spacial score (nSPS) is 12.4. The topological polar surface area (TPSA) is 213 Å². The molecule has 0 fully saturated rings. The molecular formula is C24H34N6O6. The van der Waals surface area contributed by atoms with E-state index >= 15 is 0 Å². The first-order valence-corrected chi connectivity index (χ1v) is 11.8. The number of para-hydroxylation sites is 1. The number of hydrogen-bond donors (Lipinski definition) is 7. The van der Waals surface area contributed by atoms with Crippen molar-refractivity contribution in [3.8, 4) is 0 Å². The molecule has 0 bridgehead atoms. The van der Waals surface area contributed by atoms with Gasteiger partial charge in [-0.25, -0.2) is 4.79 Å². The minimum Gasteiger partial charge on any atom is -0.481 e. The number of nitrogens with one attached hydrogen (secondary N) is 3. The summed E-state index contributed by atoms with van der Waals surface area (Å²) < 4.78 is 0. The molecule has 2 amide bonds. The number of carboxylic acids is 2. The molecule has 0 saturated heterocycles. The van der Waals surface area contributed by atoms with Gasteiger partial charge in [0, 0.05) is 36.5 Å². The van der Waals surface area contributed by atoms with E-state index in [9.17, 15) is 29.4 Å². The van der Waals surface area contributed by atoms with Crippen LogP contribution in [0, 0.1) is 0 Å². The summed E-state index contributed by atoms with van der Waals surface area (Å²) in [7, 11) is 0. The zero-order chi connectivity index (χ0) is 26.5. The summed E-state index contributed by atoms with van der Waals surface area (Å²) in [5.74, 6) is -3.84. The van der Waals surface area contributed by atoms with E-state index in [1.54, 1.807) is 6.20 Å². The number of aliphatic imine (C=N–C) groups is 1. The first kappa shape index (κ1) is 28.1. The quantitative estimate of drug-likeness (QED) is 0.0990. The molecule has 0 aliphatic rings. The molecule has 12 nitrogen and oxygen atoms in total. The van der Waals surface area contributed by atoms with Crippen LogP contribution in [0.1, 0.15) is 50.5 Å². The fourth-order valence-electron chi connectivity index (χ4n) is 3.78. The van der Waals surface area contributed by atoms with Crippen molar-refractivity contribution in [2.24, 2.45) is 16.5 Å². The van der Waals surface area contributed by atoms with Gasteiger partial charge in [0.2, 0.25) is 11.8 Å². The summed E-state index contributed by atoms with van der Waals surface area (Å²) in [6, 6.07) is 4.65. The fourth-order valence-corrected chi connectivity index (χ4v) is 3.78. The van der Waals surface area contributed by atoms with Crippen molar-refractivity contribution in [1.29, 1.82) is 0 Å². The third-order valence-corrected chi connectivity index (χ3v) is 5.60. The molecule has 196 valence electrons. The number of amides is 2. The molecule has 1 aromatic heterocycles. The van der Waals surface area contributed by atoms with Crippen LogP contribution in [0.5, 0.6) is 0 Å². The van der Waals surface area contributed by atoms with Gasteiger partial charge in [0.05, 0.1) is 6.42 Å². The highest BCUT2D eigenvalue weighted by molar-refractivity contribution is 5.93. The first-order valence-electron chi connectivity index (χ1n) is 11.8. The first-order chi connectivity index (χ1) is 17.2. The average molecular weight is 503 g/mol. The number of carboxylic acid groups (broad SMARTS) is 2. The smallest absolute Gasteiger partial charge is 0.326 e. The number of aliphatic carboxylic acids is 2. The molecule has 36 heavy (non-hydrogen) atoms. The Labute approximate surface area is 208 Å². The van der Waals surface area contributed by atoms with Gasteiger partial charge in [0.25, 0.3) is 0 Å². The van der Waals surface area contributed by atoms with E-state index in [2.05, 4.69) is 20.6 Å². The van der Waals surface area contributed by atoms with Crippen LogP contribution >= 0.6 is 0 Å². The molecule has 9 N–H and O–H groups in total. The Morgan fingerprint density at radius 1 is 0.944 bits per heavy atom. The van der Waals surface area contributed by atoms with Gasteiger partial charge in [-0.15, -0.1) is 0 Å². The Hall–Kier alpha value is -4.09. The predicted molar refractivity (Wildman–Crippen MR) is 134 cm³/mol. The van der Waals surface area contributed by atoms with E-state index in [0.717, 1.165) is 36.6 Å². The Morgan fingerprint density at radius 3 is 2.33 bits per heavy atom. The number of nitrogens with two attached hydrogens (primary N) is 2. The third kappa shape index (κ3) is 9.65. The van der Waals surface area contributed by atoms with Crippen LogP contribution in [-0.2, 0) is 25.6 Å². The van der Waals surface area contributed by atoms with E-state index in [0.29, 0.717) is 18.5 Å². The van der Waals surface area contributed by atoms with Crippen LogP contribution in [0.25, 0.3) is 10.9 Å². The summed E-state index contributed by atoms with van der Waals surface area (Å²) in [5, 5.41) is 24.5. The molecule has 2 atom stereocenters. The van der Waals surface area contributed by atoms with Crippen molar-refractivity contribution in [3.05, 3.63) is 36.0 Å². The largest absolute Gasteiger partial charge is 0.481 e. The van der Waals surface area contributed by atoms with Crippen molar-refractivity contribution in [3.63, 3.8) is 0 Å². The highest BCUT2D eigenvalue weighted by Crippen LogP contribution is 2.19. The minimum atomic E-state index is -1.39. The SMILES string of the molecule is NC(N)=NCCCCCCCC(=O)N[C@@H](CC(=O)O)C(=O)N[C@@H](Cc1c[nH]c2ccccc12)C(=O)O. The lowest BCUT2D eigenvalue weighted by Gasteiger charge is -2.20. The number of fused-ring (bicyclic) bond motifs is 1. The number of aromatic nitrogens is 1. The van der Waals surface area contributed by atoms with Crippen LogP contribution in [0.2, 0.25) is 0 Å². The molecule has 1 aromatic carbocycles. The third-order valence-electron chi connectivity index (χ3n) is 5.60.